The van der Waals surface area contributed by atoms with Gasteiger partial charge in [0.05, 0.1) is 10.6 Å². The Labute approximate surface area is 204 Å². The monoisotopic (exact) mass is 497 g/mol. The Kier molecular flexibility index (Phi) is 7.04. The minimum absolute atomic E-state index is 0.0236. The van der Waals surface area contributed by atoms with Crippen LogP contribution in [0.2, 0.25) is 0 Å². The molecule has 2 heterocycles. The third kappa shape index (κ3) is 5.15. The van der Waals surface area contributed by atoms with Gasteiger partial charge in [-0.15, -0.1) is 11.3 Å². The number of nitrogens with one attached hydrogen (secondary N) is 1. The highest BCUT2D eigenvalue weighted by molar-refractivity contribution is 7.92. The lowest BCUT2D eigenvalue weighted by Gasteiger charge is -2.27. The predicted octanol–water partition coefficient (Wildman–Crippen LogP) is 3.59. The van der Waals surface area contributed by atoms with Crippen LogP contribution in [0.25, 0.3) is 0 Å². The van der Waals surface area contributed by atoms with Crippen LogP contribution in [0.4, 0.5) is 5.69 Å². The second-order valence-electron chi connectivity index (χ2n) is 8.27. The molecule has 1 N–H and O–H groups in total. The largest absolute Gasteiger partial charge is 0.352 e. The van der Waals surface area contributed by atoms with E-state index >= 15 is 0 Å². The minimum Gasteiger partial charge on any atom is -0.352 e. The Hall–Kier alpha value is -3.17. The van der Waals surface area contributed by atoms with Crippen LogP contribution in [0.1, 0.15) is 32.8 Å². The molecule has 2 aromatic carbocycles. The van der Waals surface area contributed by atoms with Gasteiger partial charge in [0, 0.05) is 43.5 Å². The number of sulfonamides is 1. The fourth-order valence-corrected chi connectivity index (χ4v) is 5.92. The average molecular weight is 498 g/mol. The predicted molar refractivity (Wildman–Crippen MR) is 134 cm³/mol. The van der Waals surface area contributed by atoms with Gasteiger partial charge >= 0.3 is 0 Å². The molecule has 1 aliphatic heterocycles. The molecule has 3 aromatic rings. The zero-order valence-electron chi connectivity index (χ0n) is 19.2. The summed E-state index contributed by atoms with van der Waals surface area (Å²) < 4.78 is 26.9. The lowest BCUT2D eigenvalue weighted by atomic mass is 10.1. The number of fused-ring (bicyclic) bond motifs is 1. The molecule has 0 saturated heterocycles. The first kappa shape index (κ1) is 24.0. The van der Waals surface area contributed by atoms with Crippen LogP contribution in [0.5, 0.6) is 0 Å². The molecule has 1 aromatic heterocycles. The third-order valence-corrected chi connectivity index (χ3v) is 8.78. The number of carbonyl (C=O) groups excluding carboxylic acids is 2. The number of aryl methyl sites for hydroxylation is 1. The molecule has 0 unspecified atom stereocenters. The van der Waals surface area contributed by atoms with Gasteiger partial charge in [-0.2, -0.15) is 0 Å². The normalized spacial score (nSPS) is 13.3. The second kappa shape index (κ2) is 9.99. The zero-order valence-corrected chi connectivity index (χ0v) is 20.8. The number of hydrogen-bond donors (Lipinski definition) is 1. The molecule has 0 bridgehead atoms. The number of amides is 2. The van der Waals surface area contributed by atoms with E-state index in [9.17, 15) is 18.0 Å². The van der Waals surface area contributed by atoms with Crippen LogP contribution < -0.4 is 9.62 Å². The van der Waals surface area contributed by atoms with Crippen molar-refractivity contribution in [2.75, 3.05) is 24.4 Å². The van der Waals surface area contributed by atoms with Crippen molar-refractivity contribution in [3.63, 3.8) is 0 Å². The SMILES string of the molecule is Cc1ccc(S(=O)(=O)N(C)c2ccc(C(=O)NCCC(=O)N3CCc4sccc4C3)cc2)cc1. The summed E-state index contributed by atoms with van der Waals surface area (Å²) >= 11 is 1.73. The molecule has 0 radical (unpaired) electrons. The van der Waals surface area contributed by atoms with Crippen molar-refractivity contribution >= 4 is 38.9 Å². The van der Waals surface area contributed by atoms with E-state index in [1.165, 1.54) is 21.8 Å². The van der Waals surface area contributed by atoms with E-state index < -0.39 is 10.0 Å². The van der Waals surface area contributed by atoms with Crippen LogP contribution in [0.3, 0.4) is 0 Å². The maximum Gasteiger partial charge on any atom is 0.264 e. The number of carbonyl (C=O) groups is 2. The Morgan fingerprint density at radius 2 is 1.76 bits per heavy atom. The van der Waals surface area contributed by atoms with Crippen molar-refractivity contribution < 1.29 is 18.0 Å². The number of hydrogen-bond acceptors (Lipinski definition) is 5. The summed E-state index contributed by atoms with van der Waals surface area (Å²) in [6.07, 6.45) is 1.12. The van der Waals surface area contributed by atoms with Crippen molar-refractivity contribution in [3.8, 4) is 0 Å². The molecule has 0 fully saturated rings. The number of benzene rings is 2. The van der Waals surface area contributed by atoms with Gasteiger partial charge in [-0.3, -0.25) is 13.9 Å². The molecule has 4 rings (SSSR count). The van der Waals surface area contributed by atoms with Crippen LogP contribution >= 0.6 is 11.3 Å². The molecule has 0 spiro atoms. The number of anilines is 1. The summed E-state index contributed by atoms with van der Waals surface area (Å²) in [5, 5.41) is 4.83. The van der Waals surface area contributed by atoms with Gasteiger partial charge in [0.2, 0.25) is 5.91 Å². The van der Waals surface area contributed by atoms with E-state index in [0.717, 1.165) is 12.0 Å². The molecular weight excluding hydrogens is 470 g/mol. The van der Waals surface area contributed by atoms with Crippen molar-refractivity contribution in [3.05, 3.63) is 81.5 Å². The summed E-state index contributed by atoms with van der Waals surface area (Å²) in [4.78, 5) is 28.4. The molecule has 178 valence electrons. The fourth-order valence-electron chi connectivity index (χ4n) is 3.83. The van der Waals surface area contributed by atoms with Gasteiger partial charge in [-0.1, -0.05) is 17.7 Å². The van der Waals surface area contributed by atoms with Crippen LogP contribution in [0.15, 0.2) is 64.9 Å². The number of nitrogens with zero attached hydrogens (tertiary/aromatic N) is 2. The quantitative estimate of drug-likeness (QED) is 0.541. The average Bonchev–Trinajstić information content (AvgIpc) is 3.32. The van der Waals surface area contributed by atoms with Crippen LogP contribution in [-0.2, 0) is 27.8 Å². The summed E-state index contributed by atoms with van der Waals surface area (Å²) in [5.74, 6) is -0.280. The number of rotatable bonds is 7. The van der Waals surface area contributed by atoms with Gasteiger partial charge in [0.1, 0.15) is 0 Å². The topological polar surface area (TPSA) is 86.8 Å². The fraction of sp³-hybridized carbons (Fsp3) is 0.280. The van der Waals surface area contributed by atoms with E-state index in [1.807, 2.05) is 11.8 Å². The summed E-state index contributed by atoms with van der Waals surface area (Å²) in [5.41, 5.74) is 3.04. The third-order valence-electron chi connectivity index (χ3n) is 5.96. The van der Waals surface area contributed by atoms with Crippen LogP contribution in [-0.4, -0.2) is 45.3 Å². The van der Waals surface area contributed by atoms with Crippen molar-refractivity contribution in [2.45, 2.75) is 31.2 Å². The first-order valence-corrected chi connectivity index (χ1v) is 13.3. The Balaban J connectivity index is 1.30. The molecule has 7 nitrogen and oxygen atoms in total. The highest BCUT2D eigenvalue weighted by atomic mass is 32.2. The molecule has 0 aliphatic carbocycles. The lowest BCUT2D eigenvalue weighted by molar-refractivity contribution is -0.131. The van der Waals surface area contributed by atoms with Crippen molar-refractivity contribution in [2.24, 2.45) is 0 Å². The van der Waals surface area contributed by atoms with E-state index in [2.05, 4.69) is 16.8 Å². The Bertz CT molecular complexity index is 1280. The Morgan fingerprint density at radius 3 is 2.47 bits per heavy atom. The van der Waals surface area contributed by atoms with Gasteiger partial charge in [0.25, 0.3) is 15.9 Å². The van der Waals surface area contributed by atoms with E-state index in [-0.39, 0.29) is 29.7 Å². The molecule has 0 atom stereocenters. The maximum absolute atomic E-state index is 12.9. The highest BCUT2D eigenvalue weighted by Gasteiger charge is 2.22. The molecule has 34 heavy (non-hydrogen) atoms. The Morgan fingerprint density at radius 1 is 1.06 bits per heavy atom. The molecule has 2 amide bonds. The first-order valence-electron chi connectivity index (χ1n) is 11.0. The summed E-state index contributed by atoms with van der Waals surface area (Å²) in [7, 11) is -2.22. The molecule has 1 aliphatic rings. The van der Waals surface area contributed by atoms with Crippen molar-refractivity contribution in [1.29, 1.82) is 0 Å². The maximum atomic E-state index is 12.9. The molecular formula is C25H27N3O4S2. The lowest BCUT2D eigenvalue weighted by Crippen LogP contribution is -2.37. The molecule has 9 heteroatoms. The van der Waals surface area contributed by atoms with Crippen molar-refractivity contribution in [1.82, 2.24) is 10.2 Å². The standard InChI is InChI=1S/C25H27N3O4S2/c1-18-3-9-22(10-4-18)34(31,32)27(2)21-7-5-19(6-8-21)25(30)26-14-11-24(29)28-15-12-23-20(17-28)13-16-33-23/h3-10,13,16H,11-12,14-15,17H2,1-2H3,(H,26,30). The van der Waals surface area contributed by atoms with Gasteiger partial charge in [-0.05, 0) is 66.8 Å². The summed E-state index contributed by atoms with van der Waals surface area (Å²) in [6.45, 7) is 3.48. The second-order valence-corrected chi connectivity index (χ2v) is 11.2. The van der Waals surface area contributed by atoms with Gasteiger partial charge in [0.15, 0.2) is 0 Å². The summed E-state index contributed by atoms with van der Waals surface area (Å²) in [6, 6.07) is 15.1. The first-order chi connectivity index (χ1) is 16.3. The smallest absolute Gasteiger partial charge is 0.264 e. The minimum atomic E-state index is -3.70. The van der Waals surface area contributed by atoms with Crippen LogP contribution in [0, 0.1) is 6.92 Å². The zero-order chi connectivity index (χ0) is 24.3. The van der Waals surface area contributed by atoms with E-state index in [1.54, 1.807) is 59.9 Å². The van der Waals surface area contributed by atoms with Gasteiger partial charge in [-0.25, -0.2) is 8.42 Å². The van der Waals surface area contributed by atoms with E-state index in [0.29, 0.717) is 24.3 Å². The molecule has 0 saturated carbocycles. The van der Waals surface area contributed by atoms with E-state index in [4.69, 9.17) is 0 Å². The number of thiophene rings is 1. The van der Waals surface area contributed by atoms with Gasteiger partial charge < -0.3 is 10.2 Å². The highest BCUT2D eigenvalue weighted by Crippen LogP contribution is 2.25.